The largest absolute Gasteiger partial charge is 0.320 e. The van der Waals surface area contributed by atoms with Gasteiger partial charge in [0.15, 0.2) is 9.84 Å². The number of sulfone groups is 1. The van der Waals surface area contributed by atoms with Crippen LogP contribution in [-0.2, 0) is 29.1 Å². The Morgan fingerprint density at radius 1 is 1.32 bits per heavy atom. The first-order chi connectivity index (χ1) is 10.3. The molecule has 0 bridgehead atoms. The predicted molar refractivity (Wildman–Crippen MR) is 85.5 cm³/mol. The van der Waals surface area contributed by atoms with Crippen molar-refractivity contribution in [3.63, 3.8) is 0 Å². The van der Waals surface area contributed by atoms with Crippen LogP contribution < -0.4 is 5.32 Å². The van der Waals surface area contributed by atoms with Gasteiger partial charge in [-0.1, -0.05) is 25.1 Å². The van der Waals surface area contributed by atoms with Gasteiger partial charge in [0, 0.05) is 19.0 Å². The summed E-state index contributed by atoms with van der Waals surface area (Å²) < 4.78 is 24.5. The minimum absolute atomic E-state index is 0.116. The third kappa shape index (κ3) is 3.94. The Morgan fingerprint density at radius 2 is 2.00 bits per heavy atom. The molecule has 0 aliphatic rings. The molecule has 0 unspecified atom stereocenters. The van der Waals surface area contributed by atoms with Crippen LogP contribution in [0.25, 0.3) is 0 Å². The maximum absolute atomic E-state index is 12.4. The summed E-state index contributed by atoms with van der Waals surface area (Å²) in [5.41, 5.74) is 2.33. The predicted octanol–water partition coefficient (Wildman–Crippen LogP) is 1.78. The lowest BCUT2D eigenvalue weighted by atomic mass is 10.2. The van der Waals surface area contributed by atoms with E-state index in [1.807, 2.05) is 6.92 Å². The van der Waals surface area contributed by atoms with Crippen molar-refractivity contribution in [2.45, 2.75) is 19.1 Å². The average Bonchev–Trinajstić information content (AvgIpc) is 2.81. The van der Waals surface area contributed by atoms with E-state index >= 15 is 0 Å². The van der Waals surface area contributed by atoms with E-state index in [1.54, 1.807) is 37.4 Å². The molecule has 6 nitrogen and oxygen atoms in total. The number of carbonyl (C=O) groups excluding carboxylic acids is 1. The summed E-state index contributed by atoms with van der Waals surface area (Å²) in [4.78, 5) is 12.4. The van der Waals surface area contributed by atoms with E-state index in [1.165, 1.54) is 10.9 Å². The fourth-order valence-corrected chi connectivity index (χ4v) is 2.97. The molecule has 0 saturated carbocycles. The zero-order valence-corrected chi connectivity index (χ0v) is 13.6. The number of aryl methyl sites for hydroxylation is 2. The van der Waals surface area contributed by atoms with Gasteiger partial charge in [-0.15, -0.1) is 0 Å². The van der Waals surface area contributed by atoms with Crippen molar-refractivity contribution >= 4 is 21.4 Å². The second-order valence-electron chi connectivity index (χ2n) is 5.18. The molecule has 2 rings (SSSR count). The van der Waals surface area contributed by atoms with Crippen molar-refractivity contribution in [1.29, 1.82) is 0 Å². The highest BCUT2D eigenvalue weighted by Crippen LogP contribution is 2.18. The summed E-state index contributed by atoms with van der Waals surface area (Å²) >= 11 is 0. The van der Waals surface area contributed by atoms with E-state index in [0.717, 1.165) is 12.1 Å². The number of anilines is 1. The van der Waals surface area contributed by atoms with Gasteiger partial charge in [-0.25, -0.2) is 8.42 Å². The molecule has 0 atom stereocenters. The van der Waals surface area contributed by atoms with Gasteiger partial charge in [0.2, 0.25) is 0 Å². The lowest BCUT2D eigenvalue weighted by molar-refractivity contribution is 0.101. The van der Waals surface area contributed by atoms with Gasteiger partial charge in [-0.05, 0) is 24.1 Å². The minimum atomic E-state index is -3.18. The SMILES string of the molecule is CCc1cc(C(=O)Nc2ccccc2CS(C)(=O)=O)n(C)n1. The second kappa shape index (κ2) is 6.31. The highest BCUT2D eigenvalue weighted by Gasteiger charge is 2.15. The lowest BCUT2D eigenvalue weighted by Crippen LogP contribution is -2.17. The molecule has 0 aliphatic carbocycles. The number of carbonyl (C=O) groups is 1. The molecule has 0 aliphatic heterocycles. The molecular weight excluding hydrogens is 302 g/mol. The highest BCUT2D eigenvalue weighted by molar-refractivity contribution is 7.89. The van der Waals surface area contributed by atoms with Crippen molar-refractivity contribution < 1.29 is 13.2 Å². The second-order valence-corrected chi connectivity index (χ2v) is 7.32. The minimum Gasteiger partial charge on any atom is -0.320 e. The normalized spacial score (nSPS) is 11.4. The Labute approximate surface area is 130 Å². The van der Waals surface area contributed by atoms with Crippen molar-refractivity contribution in [3.8, 4) is 0 Å². The first-order valence-electron chi connectivity index (χ1n) is 6.90. The Balaban J connectivity index is 2.27. The van der Waals surface area contributed by atoms with E-state index in [0.29, 0.717) is 16.9 Å². The Bertz CT molecular complexity index is 794. The summed E-state index contributed by atoms with van der Waals surface area (Å²) in [7, 11) is -1.47. The number of aromatic nitrogens is 2. The molecule has 1 amide bonds. The van der Waals surface area contributed by atoms with Gasteiger partial charge in [-0.2, -0.15) is 5.10 Å². The van der Waals surface area contributed by atoms with E-state index < -0.39 is 9.84 Å². The van der Waals surface area contributed by atoms with Crippen LogP contribution >= 0.6 is 0 Å². The van der Waals surface area contributed by atoms with Gasteiger partial charge in [-0.3, -0.25) is 9.48 Å². The van der Waals surface area contributed by atoms with Crippen LogP contribution in [-0.4, -0.2) is 30.4 Å². The molecule has 0 radical (unpaired) electrons. The molecule has 7 heteroatoms. The summed E-state index contributed by atoms with van der Waals surface area (Å²) in [6.07, 6.45) is 1.91. The Morgan fingerprint density at radius 3 is 2.59 bits per heavy atom. The zero-order valence-electron chi connectivity index (χ0n) is 12.8. The Hall–Kier alpha value is -2.15. The summed E-state index contributed by atoms with van der Waals surface area (Å²) in [5.74, 6) is -0.426. The lowest BCUT2D eigenvalue weighted by Gasteiger charge is -2.10. The number of nitrogens with one attached hydrogen (secondary N) is 1. The number of hydrogen-bond acceptors (Lipinski definition) is 4. The molecule has 0 saturated heterocycles. The topological polar surface area (TPSA) is 81.1 Å². The number of benzene rings is 1. The third-order valence-corrected chi connectivity index (χ3v) is 4.04. The van der Waals surface area contributed by atoms with Gasteiger partial charge >= 0.3 is 0 Å². The van der Waals surface area contributed by atoms with Gasteiger partial charge in [0.1, 0.15) is 5.69 Å². The molecule has 1 N–H and O–H groups in total. The quantitative estimate of drug-likeness (QED) is 0.910. The molecule has 1 heterocycles. The van der Waals surface area contributed by atoms with Gasteiger partial charge in [0.05, 0.1) is 11.4 Å². The molecule has 22 heavy (non-hydrogen) atoms. The number of rotatable bonds is 5. The van der Waals surface area contributed by atoms with Crippen LogP contribution in [0.15, 0.2) is 30.3 Å². The zero-order chi connectivity index (χ0) is 16.3. The van der Waals surface area contributed by atoms with Crippen LogP contribution in [0, 0.1) is 0 Å². The number of para-hydroxylation sites is 1. The van der Waals surface area contributed by atoms with Gasteiger partial charge < -0.3 is 5.32 Å². The van der Waals surface area contributed by atoms with Crippen molar-refractivity contribution in [3.05, 3.63) is 47.3 Å². The van der Waals surface area contributed by atoms with Crippen molar-refractivity contribution in [2.75, 3.05) is 11.6 Å². The molecule has 2 aromatic rings. The summed E-state index contributed by atoms with van der Waals surface area (Å²) in [6.45, 7) is 1.96. The van der Waals surface area contributed by atoms with E-state index in [9.17, 15) is 13.2 Å². The number of amides is 1. The first-order valence-corrected chi connectivity index (χ1v) is 8.96. The average molecular weight is 321 g/mol. The van der Waals surface area contributed by atoms with Crippen LogP contribution in [0.2, 0.25) is 0 Å². The van der Waals surface area contributed by atoms with Crippen LogP contribution in [0.1, 0.15) is 28.7 Å². The summed E-state index contributed by atoms with van der Waals surface area (Å²) in [5, 5.41) is 7.00. The highest BCUT2D eigenvalue weighted by atomic mass is 32.2. The maximum Gasteiger partial charge on any atom is 0.273 e. The van der Waals surface area contributed by atoms with E-state index in [2.05, 4.69) is 10.4 Å². The fraction of sp³-hybridized carbons (Fsp3) is 0.333. The van der Waals surface area contributed by atoms with Crippen molar-refractivity contribution in [1.82, 2.24) is 9.78 Å². The first kappa shape index (κ1) is 16.2. The van der Waals surface area contributed by atoms with Crippen molar-refractivity contribution in [2.24, 2.45) is 7.05 Å². The van der Waals surface area contributed by atoms with Gasteiger partial charge in [0.25, 0.3) is 5.91 Å². The molecule has 1 aromatic heterocycles. The molecule has 1 aromatic carbocycles. The fourth-order valence-electron chi connectivity index (χ4n) is 2.15. The Kier molecular flexibility index (Phi) is 4.65. The molecular formula is C15H19N3O3S. The third-order valence-electron chi connectivity index (χ3n) is 3.21. The summed E-state index contributed by atoms with van der Waals surface area (Å²) in [6, 6.07) is 8.61. The molecule has 0 fully saturated rings. The molecule has 0 spiro atoms. The maximum atomic E-state index is 12.4. The number of hydrogen-bond donors (Lipinski definition) is 1. The standard InChI is InChI=1S/C15H19N3O3S/c1-4-12-9-14(18(2)17-12)15(19)16-13-8-6-5-7-11(13)10-22(3,20)21/h5-9H,4,10H2,1-3H3,(H,16,19). The van der Waals surface area contributed by atoms with E-state index in [4.69, 9.17) is 0 Å². The van der Waals surface area contributed by atoms with Crippen LogP contribution in [0.3, 0.4) is 0 Å². The smallest absolute Gasteiger partial charge is 0.273 e. The van der Waals surface area contributed by atoms with Crippen LogP contribution in [0.5, 0.6) is 0 Å². The van der Waals surface area contributed by atoms with E-state index in [-0.39, 0.29) is 11.7 Å². The van der Waals surface area contributed by atoms with Crippen LogP contribution in [0.4, 0.5) is 5.69 Å². The molecule has 118 valence electrons. The monoisotopic (exact) mass is 321 g/mol. The number of nitrogens with zero attached hydrogens (tertiary/aromatic N) is 2.